The van der Waals surface area contributed by atoms with Gasteiger partial charge in [-0.15, -0.1) is 13.2 Å². The number of nitrogens with two attached hydrogens (primary N) is 1. The molecule has 0 aliphatic carbocycles. The maximum absolute atomic E-state index is 13.4. The lowest BCUT2D eigenvalue weighted by Crippen LogP contribution is -2.24. The van der Waals surface area contributed by atoms with E-state index in [-0.39, 0.29) is 18.2 Å². The van der Waals surface area contributed by atoms with E-state index in [9.17, 15) is 17.6 Å². The van der Waals surface area contributed by atoms with Crippen molar-refractivity contribution >= 4 is 11.6 Å². The fourth-order valence-electron chi connectivity index (χ4n) is 1.97. The predicted octanol–water partition coefficient (Wildman–Crippen LogP) is 3.66. The fraction of sp³-hybridized carbons (Fsp3) is 0.188. The van der Waals surface area contributed by atoms with Crippen LogP contribution in [0.3, 0.4) is 0 Å². The van der Waals surface area contributed by atoms with Gasteiger partial charge in [0.05, 0.1) is 19.3 Å². The van der Waals surface area contributed by atoms with Crippen LogP contribution < -0.4 is 20.5 Å². The van der Waals surface area contributed by atoms with Crippen molar-refractivity contribution in [3.8, 4) is 11.5 Å². The molecule has 0 aliphatic rings. The van der Waals surface area contributed by atoms with E-state index in [4.69, 9.17) is 10.5 Å². The van der Waals surface area contributed by atoms with E-state index in [1.54, 1.807) is 6.07 Å². The van der Waals surface area contributed by atoms with Crippen LogP contribution >= 0.6 is 0 Å². The number of nitrogens with zero attached hydrogens (tertiary/aromatic N) is 1. The molecule has 0 fully saturated rings. The zero-order chi connectivity index (χ0) is 18.4. The van der Waals surface area contributed by atoms with Crippen LogP contribution in [0, 0.1) is 5.82 Å². The molecule has 0 spiro atoms. The van der Waals surface area contributed by atoms with Crippen molar-refractivity contribution in [2.75, 3.05) is 12.4 Å². The van der Waals surface area contributed by atoms with Gasteiger partial charge < -0.3 is 20.5 Å². The molecule has 0 aromatic heterocycles. The number of aliphatic imine (C=N–C) groups is 1. The third-order valence-electron chi connectivity index (χ3n) is 2.97. The Bertz CT molecular complexity index is 763. The van der Waals surface area contributed by atoms with Gasteiger partial charge in [-0.05, 0) is 29.8 Å². The molecular weight excluding hydrogens is 342 g/mol. The smallest absolute Gasteiger partial charge is 0.497 e. The molecule has 2 aromatic carbocycles. The third-order valence-corrected chi connectivity index (χ3v) is 2.97. The SMILES string of the molecule is COc1cc(F)cc(CN=C(N)Nc2ccccc2OC(F)(F)F)c1. The van der Waals surface area contributed by atoms with Crippen LogP contribution in [0.2, 0.25) is 0 Å². The molecule has 0 heterocycles. The summed E-state index contributed by atoms with van der Waals surface area (Å²) in [7, 11) is 1.40. The second-order valence-electron chi connectivity index (χ2n) is 4.87. The van der Waals surface area contributed by atoms with Crippen LogP contribution in [0.5, 0.6) is 11.5 Å². The summed E-state index contributed by atoms with van der Waals surface area (Å²) in [6.45, 7) is 0.00917. The highest BCUT2D eigenvalue weighted by atomic mass is 19.4. The molecule has 25 heavy (non-hydrogen) atoms. The van der Waals surface area contributed by atoms with E-state index >= 15 is 0 Å². The summed E-state index contributed by atoms with van der Waals surface area (Å²) in [4.78, 5) is 3.97. The molecular formula is C16H15F4N3O2. The van der Waals surface area contributed by atoms with Crippen molar-refractivity contribution < 1.29 is 27.0 Å². The van der Waals surface area contributed by atoms with Crippen molar-refractivity contribution in [2.24, 2.45) is 10.7 Å². The number of hydrogen-bond acceptors (Lipinski definition) is 3. The van der Waals surface area contributed by atoms with Crippen LogP contribution in [-0.4, -0.2) is 19.4 Å². The minimum atomic E-state index is -4.83. The predicted molar refractivity (Wildman–Crippen MR) is 85.0 cm³/mol. The molecule has 0 atom stereocenters. The van der Waals surface area contributed by atoms with E-state index in [0.717, 1.165) is 6.07 Å². The number of halogens is 4. The molecule has 9 heteroatoms. The van der Waals surface area contributed by atoms with Gasteiger partial charge in [0.2, 0.25) is 0 Å². The topological polar surface area (TPSA) is 68.9 Å². The summed E-state index contributed by atoms with van der Waals surface area (Å²) in [6.07, 6.45) is -4.83. The molecule has 5 nitrogen and oxygen atoms in total. The summed E-state index contributed by atoms with van der Waals surface area (Å²) in [5.74, 6) is -0.775. The Labute approximate surface area is 141 Å². The number of nitrogens with one attached hydrogen (secondary N) is 1. The standard InChI is InChI=1S/C16H15F4N3O2/c1-24-12-7-10(6-11(17)8-12)9-22-15(21)23-13-4-2-3-5-14(13)25-16(18,19)20/h2-8H,9H2,1H3,(H3,21,22,23). The molecule has 0 bridgehead atoms. The summed E-state index contributed by atoms with van der Waals surface area (Å²) < 4.78 is 59.4. The maximum atomic E-state index is 13.4. The minimum Gasteiger partial charge on any atom is -0.497 e. The first-order chi connectivity index (χ1) is 11.8. The first kappa shape index (κ1) is 18.4. The van der Waals surface area contributed by atoms with Gasteiger partial charge in [0, 0.05) is 6.07 Å². The van der Waals surface area contributed by atoms with Crippen molar-refractivity contribution in [3.63, 3.8) is 0 Å². The first-order valence-corrected chi connectivity index (χ1v) is 7.02. The summed E-state index contributed by atoms with van der Waals surface area (Å²) in [5.41, 5.74) is 6.16. The quantitative estimate of drug-likeness (QED) is 0.487. The Kier molecular flexibility index (Phi) is 5.68. The molecule has 3 N–H and O–H groups in total. The lowest BCUT2D eigenvalue weighted by atomic mass is 10.2. The molecule has 0 saturated heterocycles. The van der Waals surface area contributed by atoms with Crippen molar-refractivity contribution in [1.82, 2.24) is 0 Å². The second kappa shape index (κ2) is 7.73. The number of guanidine groups is 1. The summed E-state index contributed by atoms with van der Waals surface area (Å²) in [6, 6.07) is 9.42. The van der Waals surface area contributed by atoms with Gasteiger partial charge in [0.1, 0.15) is 11.6 Å². The third kappa shape index (κ3) is 5.87. The lowest BCUT2D eigenvalue weighted by molar-refractivity contribution is -0.274. The maximum Gasteiger partial charge on any atom is 0.573 e. The highest BCUT2D eigenvalue weighted by molar-refractivity contribution is 5.93. The van der Waals surface area contributed by atoms with Crippen LogP contribution in [0.1, 0.15) is 5.56 Å². The number of anilines is 1. The largest absolute Gasteiger partial charge is 0.573 e. The number of hydrogen-bond donors (Lipinski definition) is 2. The minimum absolute atomic E-state index is 0.00195. The Morgan fingerprint density at radius 1 is 1.20 bits per heavy atom. The van der Waals surface area contributed by atoms with Crippen LogP contribution in [-0.2, 0) is 6.54 Å². The van der Waals surface area contributed by atoms with Crippen molar-refractivity contribution in [3.05, 3.63) is 53.8 Å². The van der Waals surface area contributed by atoms with E-state index in [1.807, 2.05) is 0 Å². The molecule has 2 aromatic rings. The molecule has 134 valence electrons. The van der Waals surface area contributed by atoms with Gasteiger partial charge in [-0.3, -0.25) is 0 Å². The van der Waals surface area contributed by atoms with Crippen LogP contribution in [0.4, 0.5) is 23.2 Å². The van der Waals surface area contributed by atoms with E-state index in [1.165, 1.54) is 37.4 Å². The molecule has 2 rings (SSSR count). The van der Waals surface area contributed by atoms with Crippen LogP contribution in [0.15, 0.2) is 47.5 Å². The van der Waals surface area contributed by atoms with E-state index in [2.05, 4.69) is 15.0 Å². The number of benzene rings is 2. The zero-order valence-electron chi connectivity index (χ0n) is 13.1. The Hall–Kier alpha value is -2.97. The Morgan fingerprint density at radius 3 is 2.60 bits per heavy atom. The first-order valence-electron chi connectivity index (χ1n) is 7.02. The van der Waals surface area contributed by atoms with E-state index in [0.29, 0.717) is 11.3 Å². The highest BCUT2D eigenvalue weighted by Crippen LogP contribution is 2.29. The van der Waals surface area contributed by atoms with Gasteiger partial charge >= 0.3 is 6.36 Å². The number of ether oxygens (including phenoxy) is 2. The summed E-state index contributed by atoms with van der Waals surface area (Å²) in [5, 5.41) is 2.52. The Balaban J connectivity index is 2.11. The van der Waals surface area contributed by atoms with Gasteiger partial charge in [-0.25, -0.2) is 9.38 Å². The zero-order valence-corrected chi connectivity index (χ0v) is 13.1. The average molecular weight is 357 g/mol. The van der Waals surface area contributed by atoms with Crippen molar-refractivity contribution in [2.45, 2.75) is 12.9 Å². The number of alkyl halides is 3. The van der Waals surface area contributed by atoms with Crippen LogP contribution in [0.25, 0.3) is 0 Å². The average Bonchev–Trinajstić information content (AvgIpc) is 2.53. The van der Waals surface area contributed by atoms with Gasteiger partial charge in [-0.1, -0.05) is 12.1 Å². The number of rotatable bonds is 5. The van der Waals surface area contributed by atoms with E-state index < -0.39 is 17.9 Å². The summed E-state index contributed by atoms with van der Waals surface area (Å²) >= 11 is 0. The molecule has 0 unspecified atom stereocenters. The van der Waals surface area contributed by atoms with Crippen molar-refractivity contribution in [1.29, 1.82) is 0 Å². The Morgan fingerprint density at radius 2 is 1.92 bits per heavy atom. The van der Waals surface area contributed by atoms with Gasteiger partial charge in [-0.2, -0.15) is 0 Å². The number of methoxy groups -OCH3 is 1. The normalized spacial score (nSPS) is 12.0. The van der Waals surface area contributed by atoms with Gasteiger partial charge in [0.25, 0.3) is 0 Å². The highest BCUT2D eigenvalue weighted by Gasteiger charge is 2.32. The second-order valence-corrected chi connectivity index (χ2v) is 4.87. The fourth-order valence-corrected chi connectivity index (χ4v) is 1.97. The number of para-hydroxylation sites is 2. The molecule has 0 saturated carbocycles. The van der Waals surface area contributed by atoms with Gasteiger partial charge in [0.15, 0.2) is 11.7 Å². The molecule has 0 aliphatic heterocycles. The molecule has 0 radical (unpaired) electrons. The molecule has 0 amide bonds. The monoisotopic (exact) mass is 357 g/mol. The lowest BCUT2D eigenvalue weighted by Gasteiger charge is -2.14.